The van der Waals surface area contributed by atoms with Crippen molar-refractivity contribution in [3.63, 3.8) is 0 Å². The van der Waals surface area contributed by atoms with E-state index in [0.717, 1.165) is 19.2 Å². The van der Waals surface area contributed by atoms with Gasteiger partial charge in [-0.15, -0.1) is 0 Å². The van der Waals surface area contributed by atoms with E-state index in [9.17, 15) is 42.8 Å². The van der Waals surface area contributed by atoms with Crippen molar-refractivity contribution in [1.29, 1.82) is 0 Å². The summed E-state index contributed by atoms with van der Waals surface area (Å²) in [6, 6.07) is 11.6. The summed E-state index contributed by atoms with van der Waals surface area (Å²) in [5.41, 5.74) is -3.67. The molecule has 1 heterocycles. The van der Waals surface area contributed by atoms with Crippen LogP contribution < -0.4 is 25.4 Å². The molecule has 4 N–H and O–H groups in total. The number of ether oxygens (including phenoxy) is 5. The van der Waals surface area contributed by atoms with Gasteiger partial charge in [0.15, 0.2) is 11.5 Å². The quantitative estimate of drug-likeness (QED) is 0.0531. The molecule has 0 bridgehead atoms. The minimum Gasteiger partial charge on any atom is -0.493 e. The first kappa shape index (κ1) is 41.1. The lowest BCUT2D eigenvalue weighted by atomic mass is 9.80. The summed E-state index contributed by atoms with van der Waals surface area (Å²) in [4.78, 5) is 48.6. The number of esters is 2. The number of halogens is 3. The molecule has 15 nitrogen and oxygen atoms in total. The van der Waals surface area contributed by atoms with Crippen molar-refractivity contribution in [2.24, 2.45) is 0 Å². The van der Waals surface area contributed by atoms with E-state index in [1.165, 1.54) is 26.2 Å². The van der Waals surface area contributed by atoms with Gasteiger partial charge in [-0.25, -0.2) is 14.4 Å². The molecule has 2 atom stereocenters. The van der Waals surface area contributed by atoms with Gasteiger partial charge in [0.05, 0.1) is 49.4 Å². The third-order valence-electron chi connectivity index (χ3n) is 7.57. The lowest BCUT2D eigenvalue weighted by Crippen LogP contribution is -2.38. The lowest BCUT2D eigenvalue weighted by molar-refractivity contribution is -0.384. The average molecular weight is 739 g/mol. The Morgan fingerprint density at radius 1 is 0.962 bits per heavy atom. The number of unbranched alkanes of at least 4 members (excludes halogenated alkanes) is 1. The Kier molecular flexibility index (Phi) is 15.7. The van der Waals surface area contributed by atoms with Gasteiger partial charge in [-0.2, -0.15) is 13.2 Å². The third-order valence-corrected chi connectivity index (χ3v) is 7.57. The number of nitro benzene ring substituents is 1. The summed E-state index contributed by atoms with van der Waals surface area (Å²) >= 11 is 0. The maximum Gasteiger partial charge on any atom is 0.431 e. The van der Waals surface area contributed by atoms with Crippen molar-refractivity contribution in [2.75, 3.05) is 53.7 Å². The fraction of sp³-hybridized carbons (Fsp3) is 0.441. The summed E-state index contributed by atoms with van der Waals surface area (Å²) in [5, 5.41) is 29.2. The molecule has 1 aliphatic heterocycles. The fourth-order valence-electron chi connectivity index (χ4n) is 5.12. The maximum atomic E-state index is 14.1. The van der Waals surface area contributed by atoms with Crippen LogP contribution in [0.2, 0.25) is 0 Å². The van der Waals surface area contributed by atoms with E-state index in [4.69, 9.17) is 18.9 Å². The number of amides is 1. The van der Waals surface area contributed by atoms with Gasteiger partial charge in [0.25, 0.3) is 5.69 Å². The number of benzene rings is 2. The predicted octanol–water partition coefficient (Wildman–Crippen LogP) is 4.02. The van der Waals surface area contributed by atoms with Gasteiger partial charge in [0.2, 0.25) is 0 Å². The molecule has 2 aromatic rings. The maximum absolute atomic E-state index is 14.1. The van der Waals surface area contributed by atoms with Crippen molar-refractivity contribution >= 4 is 23.7 Å². The highest BCUT2D eigenvalue weighted by atomic mass is 19.4. The van der Waals surface area contributed by atoms with Crippen molar-refractivity contribution in [1.82, 2.24) is 16.0 Å². The van der Waals surface area contributed by atoms with Crippen LogP contribution in [-0.2, 0) is 23.8 Å². The summed E-state index contributed by atoms with van der Waals surface area (Å²) in [6.07, 6.45) is -5.48. The molecule has 2 aromatic carbocycles. The Bertz CT molecular complexity index is 1630. The molecule has 18 heteroatoms. The molecule has 1 amide bonds. The second-order valence-corrected chi connectivity index (χ2v) is 11.3. The zero-order valence-corrected chi connectivity index (χ0v) is 28.7. The Morgan fingerprint density at radius 3 is 2.31 bits per heavy atom. The molecule has 284 valence electrons. The zero-order chi connectivity index (χ0) is 38.3. The summed E-state index contributed by atoms with van der Waals surface area (Å²) in [6.45, 7) is 2.07. The van der Waals surface area contributed by atoms with Gasteiger partial charge in [0, 0.05) is 30.9 Å². The topological polar surface area (TPSA) is 197 Å². The van der Waals surface area contributed by atoms with Crippen LogP contribution in [0.5, 0.6) is 11.5 Å². The van der Waals surface area contributed by atoms with Crippen molar-refractivity contribution in [3.8, 4) is 11.5 Å². The highest BCUT2D eigenvalue weighted by molar-refractivity contribution is 6.00. The normalized spacial score (nSPS) is 14.9. The number of hydrogen-bond acceptors (Lipinski definition) is 13. The molecule has 3 rings (SSSR count). The number of nitro groups is 1. The Morgan fingerprint density at radius 2 is 1.65 bits per heavy atom. The highest BCUT2D eigenvalue weighted by Gasteiger charge is 2.47. The molecular formula is C34H41F3N4O11. The summed E-state index contributed by atoms with van der Waals surface area (Å²) in [7, 11) is 2.39. The number of alkyl halides is 3. The number of methoxy groups -OCH3 is 2. The first-order chi connectivity index (χ1) is 24.8. The number of rotatable bonds is 19. The second kappa shape index (κ2) is 19.9. The number of non-ortho nitro benzene ring substituents is 1. The van der Waals surface area contributed by atoms with Crippen LogP contribution in [0, 0.1) is 10.1 Å². The van der Waals surface area contributed by atoms with Gasteiger partial charge in [0.1, 0.15) is 18.4 Å². The number of nitrogens with zero attached hydrogens (tertiary/aromatic N) is 1. The molecular weight excluding hydrogens is 697 g/mol. The number of aliphatic hydroxyl groups is 1. The van der Waals surface area contributed by atoms with Gasteiger partial charge >= 0.3 is 24.2 Å². The van der Waals surface area contributed by atoms with E-state index < -0.39 is 58.1 Å². The third kappa shape index (κ3) is 11.9. The highest BCUT2D eigenvalue weighted by Crippen LogP contribution is 2.44. The first-order valence-corrected chi connectivity index (χ1v) is 16.1. The molecule has 1 aliphatic rings. The molecule has 0 fully saturated rings. The number of allylic oxidation sites excluding steroid dienone is 2. The molecule has 0 spiro atoms. The monoisotopic (exact) mass is 738 g/mol. The van der Waals surface area contributed by atoms with E-state index in [1.54, 1.807) is 24.3 Å². The van der Waals surface area contributed by atoms with E-state index in [2.05, 4.69) is 20.7 Å². The molecule has 0 radical (unpaired) electrons. The molecule has 0 aliphatic carbocycles. The van der Waals surface area contributed by atoms with E-state index in [0.29, 0.717) is 31.0 Å². The van der Waals surface area contributed by atoms with Crippen LogP contribution in [-0.4, -0.2) is 94.0 Å². The van der Waals surface area contributed by atoms with Gasteiger partial charge in [-0.3, -0.25) is 10.1 Å². The van der Waals surface area contributed by atoms with Crippen LogP contribution >= 0.6 is 0 Å². The standard InChI is InChI=1S/C34H41F3N4O11/c1-21-27(28(22-10-8-11-23(18-22)41(46)47)29(31(43)49-3)30(40-21)34(35,36)37)32(44)50-16-6-7-17-51-33(45)39-15-9-14-38-19-24(42)20-52-26-13-5-4-12-25(26)48-2/h4-5,8,10-13,18,24,28,38,40,42H,6-7,9,14-17,19-20H2,1-3H3,(H,39,45). The number of nitrogens with one attached hydrogen (secondary N) is 3. The van der Waals surface area contributed by atoms with Gasteiger partial charge in [-0.1, -0.05) is 24.3 Å². The smallest absolute Gasteiger partial charge is 0.431 e. The molecule has 2 unspecified atom stereocenters. The number of carbonyl (C=O) groups is 3. The minimum absolute atomic E-state index is 0.0240. The molecule has 52 heavy (non-hydrogen) atoms. The largest absolute Gasteiger partial charge is 0.493 e. The number of para-hydroxylation sites is 2. The van der Waals surface area contributed by atoms with E-state index >= 15 is 0 Å². The molecule has 0 saturated carbocycles. The zero-order valence-electron chi connectivity index (χ0n) is 28.7. The second-order valence-electron chi connectivity index (χ2n) is 11.3. The van der Waals surface area contributed by atoms with Crippen molar-refractivity contribution in [2.45, 2.75) is 44.4 Å². The van der Waals surface area contributed by atoms with Crippen LogP contribution in [0.3, 0.4) is 0 Å². The van der Waals surface area contributed by atoms with E-state index in [1.807, 2.05) is 0 Å². The van der Waals surface area contributed by atoms with Crippen molar-refractivity contribution in [3.05, 3.63) is 86.7 Å². The summed E-state index contributed by atoms with van der Waals surface area (Å²) in [5.74, 6) is -3.09. The van der Waals surface area contributed by atoms with Gasteiger partial charge < -0.3 is 44.7 Å². The number of carbonyl (C=O) groups excluding carboxylic acids is 3. The Balaban J connectivity index is 1.43. The van der Waals surface area contributed by atoms with Crippen molar-refractivity contribution < 1.29 is 61.3 Å². The van der Waals surface area contributed by atoms with Crippen LogP contribution in [0.25, 0.3) is 0 Å². The number of alkyl carbamates (subject to hydrolysis) is 1. The molecule has 0 aromatic heterocycles. The number of aliphatic hydroxyl groups excluding tert-OH is 1. The minimum atomic E-state index is -5.07. The first-order valence-electron chi connectivity index (χ1n) is 16.1. The van der Waals surface area contributed by atoms with E-state index in [-0.39, 0.29) is 56.0 Å². The summed E-state index contributed by atoms with van der Waals surface area (Å²) < 4.78 is 68.0. The average Bonchev–Trinajstić information content (AvgIpc) is 3.12. The number of dihydropyridines is 1. The SMILES string of the molecule is COC(=O)C1=C(C(F)(F)F)NC(C)=C(C(=O)OCCCCOC(=O)NCCCNCC(O)COc2ccccc2OC)C1c1cccc([N+](=O)[O-])c1. The van der Waals surface area contributed by atoms with Gasteiger partial charge in [-0.05, 0) is 50.4 Å². The number of hydrogen-bond donors (Lipinski definition) is 4. The van der Waals surface area contributed by atoms with Crippen LogP contribution in [0.1, 0.15) is 37.7 Å². The predicted molar refractivity (Wildman–Crippen MR) is 178 cm³/mol. The molecule has 0 saturated heterocycles. The van der Waals surface area contributed by atoms with Crippen LogP contribution in [0.15, 0.2) is 71.1 Å². The van der Waals surface area contributed by atoms with Crippen LogP contribution in [0.4, 0.5) is 23.7 Å². The lowest BCUT2D eigenvalue weighted by Gasteiger charge is -2.31. The Labute approximate surface area is 297 Å². The fourth-order valence-corrected chi connectivity index (χ4v) is 5.12. The Hall–Kier alpha value is -5.36.